The number of aliphatic carboxylic acids is 1. The third kappa shape index (κ3) is 4.19. The molecule has 9 heteroatoms. The number of carbonyl (C=O) groups is 3. The predicted molar refractivity (Wildman–Crippen MR) is 101 cm³/mol. The zero-order valence-electron chi connectivity index (χ0n) is 15.6. The molecule has 1 aromatic heterocycles. The molecule has 0 aliphatic carbocycles. The molecule has 0 spiro atoms. The zero-order valence-corrected chi connectivity index (χ0v) is 15.6. The topological polar surface area (TPSA) is 113 Å². The van der Waals surface area contributed by atoms with Crippen molar-refractivity contribution in [2.24, 2.45) is 5.92 Å². The summed E-state index contributed by atoms with van der Waals surface area (Å²) >= 11 is 0. The second kappa shape index (κ2) is 8.20. The molecule has 1 aliphatic rings. The van der Waals surface area contributed by atoms with Crippen LogP contribution in [-0.4, -0.2) is 68.9 Å². The molecule has 1 aromatic carbocycles. The van der Waals surface area contributed by atoms with Crippen molar-refractivity contribution in [2.45, 2.75) is 19.4 Å². The number of hydrogen-bond acceptors (Lipinski definition) is 5. The van der Waals surface area contributed by atoms with Crippen LogP contribution in [0, 0.1) is 5.92 Å². The van der Waals surface area contributed by atoms with E-state index in [0.29, 0.717) is 30.3 Å². The third-order valence-electron chi connectivity index (χ3n) is 4.96. The van der Waals surface area contributed by atoms with Gasteiger partial charge in [-0.2, -0.15) is 0 Å². The van der Waals surface area contributed by atoms with Crippen LogP contribution in [0.25, 0.3) is 10.9 Å². The van der Waals surface area contributed by atoms with Gasteiger partial charge in [0.2, 0.25) is 11.8 Å². The van der Waals surface area contributed by atoms with Gasteiger partial charge in [0.05, 0.1) is 29.7 Å². The number of rotatable bonds is 5. The Kier molecular flexibility index (Phi) is 5.72. The van der Waals surface area contributed by atoms with Crippen molar-refractivity contribution in [3.8, 4) is 0 Å². The van der Waals surface area contributed by atoms with Crippen molar-refractivity contribution in [3.05, 3.63) is 40.9 Å². The minimum Gasteiger partial charge on any atom is -0.481 e. The maximum atomic E-state index is 12.5. The highest BCUT2D eigenvalue weighted by atomic mass is 16.4. The first-order valence-electron chi connectivity index (χ1n) is 9.05. The van der Waals surface area contributed by atoms with Gasteiger partial charge in [-0.1, -0.05) is 12.1 Å². The van der Waals surface area contributed by atoms with Gasteiger partial charge in [-0.3, -0.25) is 23.7 Å². The summed E-state index contributed by atoms with van der Waals surface area (Å²) in [5, 5.41) is 9.55. The Morgan fingerprint density at radius 2 is 2.04 bits per heavy atom. The zero-order chi connectivity index (χ0) is 20.3. The second-order valence-corrected chi connectivity index (χ2v) is 6.96. The number of fused-ring (bicyclic) bond motifs is 1. The van der Waals surface area contributed by atoms with E-state index in [2.05, 4.69) is 4.98 Å². The largest absolute Gasteiger partial charge is 0.481 e. The molecule has 28 heavy (non-hydrogen) atoms. The van der Waals surface area contributed by atoms with Gasteiger partial charge in [-0.05, 0) is 25.0 Å². The molecule has 0 radical (unpaired) electrons. The molecule has 0 bridgehead atoms. The fraction of sp³-hybridized carbons (Fsp3) is 0.421. The summed E-state index contributed by atoms with van der Waals surface area (Å²) in [5.41, 5.74) is 0.233. The van der Waals surface area contributed by atoms with Gasteiger partial charge < -0.3 is 14.9 Å². The number of piperidine rings is 1. The lowest BCUT2D eigenvalue weighted by molar-refractivity contribution is -0.147. The number of amides is 2. The van der Waals surface area contributed by atoms with E-state index in [1.807, 2.05) is 0 Å². The van der Waals surface area contributed by atoms with E-state index < -0.39 is 17.8 Å². The van der Waals surface area contributed by atoms with E-state index in [1.54, 1.807) is 24.3 Å². The predicted octanol–water partition coefficient (Wildman–Crippen LogP) is 0.178. The first kappa shape index (κ1) is 19.5. The molecule has 2 heterocycles. The molecule has 9 nitrogen and oxygen atoms in total. The summed E-state index contributed by atoms with van der Waals surface area (Å²) < 4.78 is 1.22. The Morgan fingerprint density at radius 3 is 2.79 bits per heavy atom. The third-order valence-corrected chi connectivity index (χ3v) is 4.96. The van der Waals surface area contributed by atoms with Gasteiger partial charge in [-0.25, -0.2) is 4.98 Å². The molecule has 1 aliphatic heterocycles. The van der Waals surface area contributed by atoms with Crippen LogP contribution in [0.15, 0.2) is 35.4 Å². The normalized spacial score (nSPS) is 16.8. The number of hydrogen-bond donors (Lipinski definition) is 1. The molecule has 148 valence electrons. The van der Waals surface area contributed by atoms with Crippen LogP contribution < -0.4 is 5.56 Å². The van der Waals surface area contributed by atoms with E-state index in [-0.39, 0.29) is 31.1 Å². The summed E-state index contributed by atoms with van der Waals surface area (Å²) in [6.07, 6.45) is 2.49. The van der Waals surface area contributed by atoms with Crippen molar-refractivity contribution in [1.29, 1.82) is 0 Å². The van der Waals surface area contributed by atoms with Crippen LogP contribution in [0.4, 0.5) is 0 Å². The molecule has 1 unspecified atom stereocenters. The summed E-state index contributed by atoms with van der Waals surface area (Å²) in [4.78, 5) is 55.4. The molecule has 3 rings (SSSR count). The van der Waals surface area contributed by atoms with Crippen molar-refractivity contribution >= 4 is 28.7 Å². The van der Waals surface area contributed by atoms with E-state index in [9.17, 15) is 19.2 Å². The number of carboxylic acid groups (broad SMARTS) is 1. The van der Waals surface area contributed by atoms with Gasteiger partial charge in [0, 0.05) is 20.1 Å². The first-order valence-corrected chi connectivity index (χ1v) is 9.05. The first-order chi connectivity index (χ1) is 13.4. The average molecular weight is 386 g/mol. The lowest BCUT2D eigenvalue weighted by atomic mass is 9.98. The molecule has 1 N–H and O–H groups in total. The minimum atomic E-state index is -0.912. The molecule has 2 amide bonds. The van der Waals surface area contributed by atoms with E-state index >= 15 is 0 Å². The molecule has 0 saturated carbocycles. The van der Waals surface area contributed by atoms with Crippen molar-refractivity contribution in [1.82, 2.24) is 19.4 Å². The number of likely N-dealkylation sites (N-methyl/N-ethyl adjacent to an activating group) is 1. The Morgan fingerprint density at radius 1 is 1.29 bits per heavy atom. The number of carbonyl (C=O) groups excluding carboxylic acids is 2. The lowest BCUT2D eigenvalue weighted by Crippen LogP contribution is -2.47. The van der Waals surface area contributed by atoms with Crippen LogP contribution in [0.5, 0.6) is 0 Å². The summed E-state index contributed by atoms with van der Waals surface area (Å²) in [7, 11) is 1.48. The number of likely N-dealkylation sites (tertiary alicyclic amines) is 1. The van der Waals surface area contributed by atoms with Crippen molar-refractivity contribution in [2.75, 3.05) is 26.7 Å². The van der Waals surface area contributed by atoms with Crippen LogP contribution >= 0.6 is 0 Å². The van der Waals surface area contributed by atoms with Gasteiger partial charge >= 0.3 is 5.97 Å². The Labute approximate surface area is 161 Å². The SMILES string of the molecule is CN(CC(=O)N1CCCC(C(=O)O)C1)C(=O)Cn1cnc2ccccc2c1=O. The summed E-state index contributed by atoms with van der Waals surface area (Å²) in [5.74, 6) is -2.18. The monoisotopic (exact) mass is 386 g/mol. The molecule has 1 fully saturated rings. The van der Waals surface area contributed by atoms with E-state index in [0.717, 1.165) is 0 Å². The maximum absolute atomic E-state index is 12.5. The van der Waals surface area contributed by atoms with Crippen molar-refractivity contribution in [3.63, 3.8) is 0 Å². The smallest absolute Gasteiger partial charge is 0.308 e. The Bertz CT molecular complexity index is 970. The highest BCUT2D eigenvalue weighted by Crippen LogP contribution is 2.16. The van der Waals surface area contributed by atoms with E-state index in [1.165, 1.54) is 27.7 Å². The van der Waals surface area contributed by atoms with Gasteiger partial charge in [-0.15, -0.1) is 0 Å². The Balaban J connectivity index is 1.63. The summed E-state index contributed by atoms with van der Waals surface area (Å²) in [6.45, 7) is 0.252. The second-order valence-electron chi connectivity index (χ2n) is 6.96. The minimum absolute atomic E-state index is 0.157. The standard InChI is InChI=1S/C19H22N4O5/c1-21(10-17(25)22-8-4-5-13(9-22)19(27)28)16(24)11-23-12-20-15-7-3-2-6-14(15)18(23)26/h2-3,6-7,12-13H,4-5,8-11H2,1H3,(H,27,28). The van der Waals surface area contributed by atoms with Crippen LogP contribution in [0.2, 0.25) is 0 Å². The number of benzene rings is 1. The van der Waals surface area contributed by atoms with Crippen LogP contribution in [0.1, 0.15) is 12.8 Å². The van der Waals surface area contributed by atoms with Gasteiger partial charge in [0.15, 0.2) is 0 Å². The number of carboxylic acids is 1. The quantitative estimate of drug-likeness (QED) is 0.784. The highest BCUT2D eigenvalue weighted by molar-refractivity contribution is 5.85. The Hall–Kier alpha value is -3.23. The molecule has 1 atom stereocenters. The van der Waals surface area contributed by atoms with Crippen molar-refractivity contribution < 1.29 is 19.5 Å². The number of para-hydroxylation sites is 1. The molecular weight excluding hydrogens is 364 g/mol. The fourth-order valence-corrected chi connectivity index (χ4v) is 3.28. The molecule has 2 aromatic rings. The van der Waals surface area contributed by atoms with E-state index in [4.69, 9.17) is 5.11 Å². The maximum Gasteiger partial charge on any atom is 0.308 e. The van der Waals surface area contributed by atoms with Gasteiger partial charge in [0.25, 0.3) is 5.56 Å². The fourth-order valence-electron chi connectivity index (χ4n) is 3.28. The average Bonchev–Trinajstić information content (AvgIpc) is 2.70. The van der Waals surface area contributed by atoms with Crippen LogP contribution in [-0.2, 0) is 20.9 Å². The summed E-state index contributed by atoms with van der Waals surface area (Å²) in [6, 6.07) is 6.87. The number of nitrogens with zero attached hydrogens (tertiary/aromatic N) is 4. The number of aromatic nitrogens is 2. The molecule has 1 saturated heterocycles. The van der Waals surface area contributed by atoms with Gasteiger partial charge in [0.1, 0.15) is 6.54 Å². The lowest BCUT2D eigenvalue weighted by Gasteiger charge is -2.32. The van der Waals surface area contributed by atoms with Crippen LogP contribution in [0.3, 0.4) is 0 Å². The highest BCUT2D eigenvalue weighted by Gasteiger charge is 2.29. The molecular formula is C19H22N4O5.